The van der Waals surface area contributed by atoms with E-state index in [-0.39, 0.29) is 5.75 Å². The standard InChI is InChI=1S/C13H15F3I2N2O/c14-13(15,16)7-11(20-3-1-19-2-4-20)8-5-9(17)12(21)10(18)6-8/h5-6,11,19,21H,1-4,7H2/t11-/m1/s1. The van der Waals surface area contributed by atoms with Gasteiger partial charge in [0, 0.05) is 32.2 Å². The van der Waals surface area contributed by atoms with Crippen LogP contribution in [0.3, 0.4) is 0 Å². The fourth-order valence-corrected chi connectivity index (χ4v) is 4.26. The number of aromatic hydroxyl groups is 1. The maximum Gasteiger partial charge on any atom is 0.390 e. The van der Waals surface area contributed by atoms with Gasteiger partial charge in [-0.1, -0.05) is 0 Å². The van der Waals surface area contributed by atoms with Crippen LogP contribution in [0, 0.1) is 7.14 Å². The molecule has 0 saturated carbocycles. The summed E-state index contributed by atoms with van der Waals surface area (Å²) in [7, 11) is 0. The van der Waals surface area contributed by atoms with Gasteiger partial charge < -0.3 is 10.4 Å². The third kappa shape index (κ3) is 4.83. The molecule has 0 spiro atoms. The summed E-state index contributed by atoms with van der Waals surface area (Å²) < 4.78 is 40.0. The minimum Gasteiger partial charge on any atom is -0.506 e. The van der Waals surface area contributed by atoms with Gasteiger partial charge in [-0.2, -0.15) is 13.2 Å². The van der Waals surface area contributed by atoms with Crippen molar-refractivity contribution >= 4 is 45.2 Å². The van der Waals surface area contributed by atoms with Gasteiger partial charge in [0.2, 0.25) is 0 Å². The Morgan fingerprint density at radius 1 is 1.19 bits per heavy atom. The molecule has 1 heterocycles. The van der Waals surface area contributed by atoms with Gasteiger partial charge in [0.05, 0.1) is 13.6 Å². The maximum atomic E-state index is 12.9. The van der Waals surface area contributed by atoms with Crippen molar-refractivity contribution in [2.24, 2.45) is 0 Å². The molecule has 1 aromatic rings. The maximum absolute atomic E-state index is 12.9. The van der Waals surface area contributed by atoms with E-state index in [0.717, 1.165) is 0 Å². The third-order valence-electron chi connectivity index (χ3n) is 3.44. The zero-order chi connectivity index (χ0) is 15.6. The SMILES string of the molecule is Oc1c(I)cc([C@@H](CC(F)(F)F)N2CCNCC2)cc1I. The Hall–Kier alpha value is 0.190. The minimum absolute atomic E-state index is 0.131. The molecule has 118 valence electrons. The Kier molecular flexibility index (Phi) is 5.99. The highest BCUT2D eigenvalue weighted by molar-refractivity contribution is 14.1. The Morgan fingerprint density at radius 3 is 2.19 bits per heavy atom. The summed E-state index contributed by atoms with van der Waals surface area (Å²) in [4.78, 5) is 1.86. The summed E-state index contributed by atoms with van der Waals surface area (Å²) in [5, 5.41) is 12.9. The first kappa shape index (κ1) is 17.5. The predicted molar refractivity (Wildman–Crippen MR) is 91.4 cm³/mol. The lowest BCUT2D eigenvalue weighted by molar-refractivity contribution is -0.148. The van der Waals surface area contributed by atoms with Crippen LogP contribution in [0.2, 0.25) is 0 Å². The first-order chi connectivity index (χ1) is 9.78. The zero-order valence-corrected chi connectivity index (χ0v) is 15.4. The van der Waals surface area contributed by atoms with Crippen molar-refractivity contribution in [3.05, 3.63) is 24.8 Å². The second-order valence-electron chi connectivity index (χ2n) is 4.95. The molecule has 1 atom stereocenters. The number of halogens is 5. The monoisotopic (exact) mass is 526 g/mol. The molecule has 1 fully saturated rings. The molecule has 1 saturated heterocycles. The highest BCUT2D eigenvalue weighted by Crippen LogP contribution is 2.37. The highest BCUT2D eigenvalue weighted by atomic mass is 127. The summed E-state index contributed by atoms with van der Waals surface area (Å²) in [5.41, 5.74) is 0.612. The number of hydrogen-bond donors (Lipinski definition) is 2. The molecule has 3 nitrogen and oxygen atoms in total. The van der Waals surface area contributed by atoms with Crippen molar-refractivity contribution in [1.82, 2.24) is 10.2 Å². The molecule has 8 heteroatoms. The fourth-order valence-electron chi connectivity index (χ4n) is 2.45. The van der Waals surface area contributed by atoms with Crippen molar-refractivity contribution in [2.75, 3.05) is 26.2 Å². The van der Waals surface area contributed by atoms with Gasteiger partial charge in [0.15, 0.2) is 0 Å². The molecule has 0 aliphatic carbocycles. The molecule has 1 aliphatic rings. The molecule has 0 radical (unpaired) electrons. The number of rotatable bonds is 3. The second kappa shape index (κ2) is 7.18. The number of phenolic OH excluding ortho intramolecular Hbond substituents is 1. The van der Waals surface area contributed by atoms with E-state index in [2.05, 4.69) is 5.32 Å². The number of nitrogens with one attached hydrogen (secondary N) is 1. The van der Waals surface area contributed by atoms with Crippen LogP contribution in [0.4, 0.5) is 13.2 Å². The Balaban J connectivity index is 2.34. The van der Waals surface area contributed by atoms with Gasteiger partial charge >= 0.3 is 6.18 Å². The van der Waals surface area contributed by atoms with Gasteiger partial charge in [-0.25, -0.2) is 0 Å². The third-order valence-corrected chi connectivity index (χ3v) is 5.09. The first-order valence-corrected chi connectivity index (χ1v) is 8.63. The van der Waals surface area contributed by atoms with Crippen molar-refractivity contribution in [2.45, 2.75) is 18.6 Å². The number of alkyl halides is 3. The number of phenols is 1. The average molecular weight is 526 g/mol. The number of benzene rings is 1. The molecular weight excluding hydrogens is 511 g/mol. The van der Waals surface area contributed by atoms with Gasteiger partial charge in [0.1, 0.15) is 5.75 Å². The molecule has 0 bridgehead atoms. The van der Waals surface area contributed by atoms with E-state index >= 15 is 0 Å². The van der Waals surface area contributed by atoms with E-state index in [4.69, 9.17) is 0 Å². The zero-order valence-electron chi connectivity index (χ0n) is 11.1. The first-order valence-electron chi connectivity index (χ1n) is 6.47. The smallest absolute Gasteiger partial charge is 0.390 e. The van der Waals surface area contributed by atoms with Crippen molar-refractivity contribution in [3.63, 3.8) is 0 Å². The number of nitrogens with zero attached hydrogens (tertiary/aromatic N) is 1. The average Bonchev–Trinajstić information content (AvgIpc) is 2.41. The van der Waals surface area contributed by atoms with Gasteiger partial charge in [-0.05, 0) is 62.9 Å². The van der Waals surface area contributed by atoms with Crippen LogP contribution in [0.1, 0.15) is 18.0 Å². The van der Waals surface area contributed by atoms with E-state index in [1.165, 1.54) is 0 Å². The summed E-state index contributed by atoms with van der Waals surface area (Å²) in [6.07, 6.45) is -5.09. The number of piperazine rings is 1. The number of hydrogen-bond acceptors (Lipinski definition) is 3. The van der Waals surface area contributed by atoms with Crippen LogP contribution in [-0.4, -0.2) is 42.4 Å². The lowest BCUT2D eigenvalue weighted by Gasteiger charge is -2.36. The molecule has 2 rings (SSSR count). The molecular formula is C13H15F3I2N2O. The van der Waals surface area contributed by atoms with Gasteiger partial charge in [-0.3, -0.25) is 4.90 Å². The van der Waals surface area contributed by atoms with Crippen molar-refractivity contribution in [3.8, 4) is 5.75 Å². The molecule has 1 aliphatic heterocycles. The molecule has 0 aromatic heterocycles. The second-order valence-corrected chi connectivity index (χ2v) is 7.28. The summed E-state index contributed by atoms with van der Waals surface area (Å²) >= 11 is 3.90. The quantitative estimate of drug-likeness (QED) is 0.593. The van der Waals surface area contributed by atoms with Crippen LogP contribution in [0.25, 0.3) is 0 Å². The lowest BCUT2D eigenvalue weighted by Crippen LogP contribution is -2.46. The Morgan fingerprint density at radius 2 is 1.71 bits per heavy atom. The van der Waals surface area contributed by atoms with E-state index < -0.39 is 18.6 Å². The molecule has 1 aromatic carbocycles. The highest BCUT2D eigenvalue weighted by Gasteiger charge is 2.36. The topological polar surface area (TPSA) is 35.5 Å². The minimum atomic E-state index is -4.22. The van der Waals surface area contributed by atoms with Crippen molar-refractivity contribution < 1.29 is 18.3 Å². The van der Waals surface area contributed by atoms with E-state index in [9.17, 15) is 18.3 Å². The van der Waals surface area contributed by atoms with Gasteiger partial charge in [0.25, 0.3) is 0 Å². The van der Waals surface area contributed by atoms with Crippen LogP contribution in [0.15, 0.2) is 12.1 Å². The molecule has 0 unspecified atom stereocenters. The Labute approximate surface area is 148 Å². The van der Waals surface area contributed by atoms with Crippen LogP contribution in [-0.2, 0) is 0 Å². The largest absolute Gasteiger partial charge is 0.506 e. The Bertz CT molecular complexity index is 482. The van der Waals surface area contributed by atoms with E-state index in [0.29, 0.717) is 38.9 Å². The summed E-state index contributed by atoms with van der Waals surface area (Å²) in [5.74, 6) is 0.131. The molecule has 0 amide bonds. The summed E-state index contributed by atoms with van der Waals surface area (Å²) in [6.45, 7) is 2.57. The van der Waals surface area contributed by atoms with Crippen LogP contribution in [0.5, 0.6) is 5.75 Å². The normalized spacial score (nSPS) is 18.7. The molecule has 21 heavy (non-hydrogen) atoms. The van der Waals surface area contributed by atoms with Crippen LogP contribution >= 0.6 is 45.2 Å². The lowest BCUT2D eigenvalue weighted by atomic mass is 10.0. The summed E-state index contributed by atoms with van der Waals surface area (Å²) in [6, 6.07) is 2.60. The van der Waals surface area contributed by atoms with E-state index in [1.54, 1.807) is 12.1 Å². The van der Waals surface area contributed by atoms with Crippen LogP contribution < -0.4 is 5.32 Å². The molecule has 2 N–H and O–H groups in total. The van der Waals surface area contributed by atoms with E-state index in [1.807, 2.05) is 50.1 Å². The predicted octanol–water partition coefficient (Wildman–Crippen LogP) is 3.50. The van der Waals surface area contributed by atoms with Gasteiger partial charge in [-0.15, -0.1) is 0 Å². The van der Waals surface area contributed by atoms with Crippen molar-refractivity contribution in [1.29, 1.82) is 0 Å². The fraction of sp³-hybridized carbons (Fsp3) is 0.538.